The Kier molecular flexibility index (Phi) is 7.05. The van der Waals surface area contributed by atoms with Gasteiger partial charge in [0.15, 0.2) is 11.5 Å². The molecule has 1 saturated heterocycles. The van der Waals surface area contributed by atoms with Crippen LogP contribution < -0.4 is 14.6 Å². The summed E-state index contributed by atoms with van der Waals surface area (Å²) >= 11 is 6.32. The van der Waals surface area contributed by atoms with Crippen molar-refractivity contribution < 1.29 is 24.2 Å². The average Bonchev–Trinajstić information content (AvgIpc) is 2.89. The molecule has 8 heteroatoms. The highest BCUT2D eigenvalue weighted by molar-refractivity contribution is 8.26. The molecule has 2 rings (SSSR count). The zero-order valence-corrected chi connectivity index (χ0v) is 16.4. The van der Waals surface area contributed by atoms with Gasteiger partial charge in [-0.1, -0.05) is 49.8 Å². The molecule has 1 aliphatic heterocycles. The number of carboxylic acids is 1. The minimum absolute atomic E-state index is 0.229. The number of hydrogen-bond donors (Lipinski definition) is 0. The third-order valence-electron chi connectivity index (χ3n) is 3.94. The first-order valence-electron chi connectivity index (χ1n) is 8.12. The van der Waals surface area contributed by atoms with E-state index in [0.717, 1.165) is 28.6 Å². The Bertz CT molecular complexity index is 747. The molecule has 1 aromatic rings. The zero-order chi connectivity index (χ0) is 19.3. The first kappa shape index (κ1) is 20.3. The summed E-state index contributed by atoms with van der Waals surface area (Å²) in [5.41, 5.74) is 0.724. The Balaban J connectivity index is 2.29. The molecule has 0 radical (unpaired) electrons. The number of thiocarbonyl (C=S) groups is 1. The van der Waals surface area contributed by atoms with E-state index >= 15 is 0 Å². The Labute approximate surface area is 162 Å². The van der Waals surface area contributed by atoms with Gasteiger partial charge in [0.1, 0.15) is 4.32 Å². The number of methoxy groups -OCH3 is 2. The molecule has 0 aromatic heterocycles. The first-order chi connectivity index (χ1) is 12.4. The van der Waals surface area contributed by atoms with Crippen molar-refractivity contribution in [3.63, 3.8) is 0 Å². The lowest BCUT2D eigenvalue weighted by Crippen LogP contribution is -2.49. The number of amides is 1. The van der Waals surface area contributed by atoms with Crippen molar-refractivity contribution >= 4 is 46.3 Å². The van der Waals surface area contributed by atoms with Crippen LogP contribution in [0.1, 0.15) is 31.7 Å². The van der Waals surface area contributed by atoms with E-state index < -0.39 is 17.9 Å². The van der Waals surface area contributed by atoms with Gasteiger partial charge >= 0.3 is 0 Å². The molecule has 1 atom stereocenters. The Morgan fingerprint density at radius 2 is 2.04 bits per heavy atom. The fourth-order valence-corrected chi connectivity index (χ4v) is 3.95. The molecule has 1 aromatic carbocycles. The summed E-state index contributed by atoms with van der Waals surface area (Å²) in [7, 11) is 3.07. The molecule has 0 saturated carbocycles. The van der Waals surface area contributed by atoms with E-state index in [4.69, 9.17) is 21.7 Å². The Hall–Kier alpha value is -2.06. The van der Waals surface area contributed by atoms with Crippen molar-refractivity contribution in [1.82, 2.24) is 4.90 Å². The number of benzene rings is 1. The lowest BCUT2D eigenvalue weighted by atomic mass is 10.1. The van der Waals surface area contributed by atoms with Crippen molar-refractivity contribution in [3.05, 3.63) is 28.7 Å². The monoisotopic (exact) mass is 394 g/mol. The van der Waals surface area contributed by atoms with Crippen LogP contribution in [0.2, 0.25) is 0 Å². The maximum absolute atomic E-state index is 12.7. The number of carbonyl (C=O) groups is 2. The second-order valence-electron chi connectivity index (χ2n) is 5.64. The number of thioether (sulfide) groups is 1. The molecule has 0 unspecified atom stereocenters. The summed E-state index contributed by atoms with van der Waals surface area (Å²) in [5, 5.41) is 11.5. The summed E-state index contributed by atoms with van der Waals surface area (Å²) in [4.78, 5) is 25.7. The van der Waals surface area contributed by atoms with E-state index in [-0.39, 0.29) is 4.32 Å². The number of aliphatic carboxylic acids is 1. The molecule has 1 fully saturated rings. The summed E-state index contributed by atoms with van der Waals surface area (Å²) in [6.45, 7) is 1.95. The van der Waals surface area contributed by atoms with Crippen molar-refractivity contribution in [2.75, 3.05) is 14.2 Å². The van der Waals surface area contributed by atoms with Crippen LogP contribution in [0.15, 0.2) is 23.1 Å². The highest BCUT2D eigenvalue weighted by atomic mass is 32.2. The zero-order valence-electron chi connectivity index (χ0n) is 14.8. The van der Waals surface area contributed by atoms with Crippen LogP contribution in [-0.4, -0.2) is 41.4 Å². The van der Waals surface area contributed by atoms with Crippen molar-refractivity contribution in [1.29, 1.82) is 0 Å². The van der Waals surface area contributed by atoms with Gasteiger partial charge in [-0.2, -0.15) is 0 Å². The highest BCUT2D eigenvalue weighted by Crippen LogP contribution is 2.36. The van der Waals surface area contributed by atoms with Gasteiger partial charge in [0, 0.05) is 0 Å². The lowest BCUT2D eigenvalue weighted by Gasteiger charge is -2.27. The van der Waals surface area contributed by atoms with E-state index in [1.807, 2.05) is 6.92 Å². The molecule has 1 aliphatic rings. The Morgan fingerprint density at radius 3 is 2.62 bits per heavy atom. The van der Waals surface area contributed by atoms with Gasteiger partial charge < -0.3 is 19.4 Å². The average molecular weight is 394 g/mol. The van der Waals surface area contributed by atoms with Crippen LogP contribution in [0.5, 0.6) is 11.5 Å². The molecule has 0 aliphatic carbocycles. The number of nitrogens with zero attached hydrogens (tertiary/aromatic N) is 1. The number of hydrogen-bond acceptors (Lipinski definition) is 7. The third kappa shape index (κ3) is 4.37. The molecule has 0 N–H and O–H groups in total. The van der Waals surface area contributed by atoms with Gasteiger partial charge in [-0.05, 0) is 30.2 Å². The van der Waals surface area contributed by atoms with Gasteiger partial charge in [0.2, 0.25) is 0 Å². The van der Waals surface area contributed by atoms with Crippen LogP contribution in [0.3, 0.4) is 0 Å². The van der Waals surface area contributed by atoms with Crippen LogP contribution in [0.4, 0.5) is 0 Å². The SMILES string of the molecule is CCCC[C@@H](C(=O)[O-])N1C(=O)/C(=C/c2ccc(OC)c(OC)c2)SC1=S. The minimum Gasteiger partial charge on any atom is -0.548 e. The molecule has 0 spiro atoms. The number of carbonyl (C=O) groups excluding carboxylic acids is 2. The number of rotatable bonds is 8. The minimum atomic E-state index is -1.29. The fraction of sp³-hybridized carbons (Fsp3) is 0.389. The molecule has 26 heavy (non-hydrogen) atoms. The van der Waals surface area contributed by atoms with Gasteiger partial charge in [0.05, 0.1) is 31.1 Å². The second-order valence-corrected chi connectivity index (χ2v) is 7.32. The van der Waals surface area contributed by atoms with Gasteiger partial charge in [-0.15, -0.1) is 0 Å². The molecule has 6 nitrogen and oxygen atoms in total. The van der Waals surface area contributed by atoms with Crippen LogP contribution in [0, 0.1) is 0 Å². The van der Waals surface area contributed by atoms with E-state index in [0.29, 0.717) is 29.2 Å². The maximum Gasteiger partial charge on any atom is 0.266 e. The van der Waals surface area contributed by atoms with Gasteiger partial charge in [0.25, 0.3) is 5.91 Å². The molecule has 0 bridgehead atoms. The highest BCUT2D eigenvalue weighted by Gasteiger charge is 2.37. The van der Waals surface area contributed by atoms with E-state index in [9.17, 15) is 14.7 Å². The predicted molar refractivity (Wildman–Crippen MR) is 103 cm³/mol. The summed E-state index contributed by atoms with van der Waals surface area (Å²) < 4.78 is 10.7. The number of carboxylic acid groups (broad SMARTS) is 1. The lowest BCUT2D eigenvalue weighted by molar-refractivity contribution is -0.310. The third-order valence-corrected chi connectivity index (χ3v) is 5.27. The Morgan fingerprint density at radius 1 is 1.35 bits per heavy atom. The van der Waals surface area contributed by atoms with Crippen molar-refractivity contribution in [2.45, 2.75) is 32.2 Å². The summed E-state index contributed by atoms with van der Waals surface area (Å²) in [5.74, 6) is -0.594. The molecule has 1 heterocycles. The van der Waals surface area contributed by atoms with E-state index in [2.05, 4.69) is 0 Å². The number of unbranched alkanes of at least 4 members (excludes halogenated alkanes) is 1. The van der Waals surface area contributed by atoms with Crippen molar-refractivity contribution in [2.24, 2.45) is 0 Å². The fourth-order valence-electron chi connectivity index (χ4n) is 2.59. The quantitative estimate of drug-likeness (QED) is 0.494. The van der Waals surface area contributed by atoms with Crippen molar-refractivity contribution in [3.8, 4) is 11.5 Å². The summed E-state index contributed by atoms with van der Waals surface area (Å²) in [6, 6.07) is 4.20. The molecule has 1 amide bonds. The standard InChI is InChI=1S/C18H21NO5S2/c1-4-5-6-12(17(21)22)19-16(20)15(26-18(19)25)10-11-7-8-13(23-2)14(9-11)24-3/h7-10,12H,4-6H2,1-3H3,(H,21,22)/p-1/b15-10-/t12-/m0/s1. The van der Waals surface area contributed by atoms with Crippen LogP contribution in [-0.2, 0) is 9.59 Å². The maximum atomic E-state index is 12.7. The normalized spacial score (nSPS) is 16.9. The second kappa shape index (κ2) is 9.05. The van der Waals surface area contributed by atoms with E-state index in [1.165, 1.54) is 7.11 Å². The largest absolute Gasteiger partial charge is 0.548 e. The topological polar surface area (TPSA) is 78.9 Å². The molecule has 140 valence electrons. The molecular formula is C18H20NO5S2-. The van der Waals surface area contributed by atoms with Crippen LogP contribution in [0.25, 0.3) is 6.08 Å². The van der Waals surface area contributed by atoms with Gasteiger partial charge in [-0.25, -0.2) is 0 Å². The van der Waals surface area contributed by atoms with E-state index in [1.54, 1.807) is 31.4 Å². The smallest absolute Gasteiger partial charge is 0.266 e. The first-order valence-corrected chi connectivity index (χ1v) is 9.35. The number of ether oxygens (including phenoxy) is 2. The predicted octanol–water partition coefficient (Wildman–Crippen LogP) is 2.21. The van der Waals surface area contributed by atoms with Crippen LogP contribution >= 0.6 is 24.0 Å². The molecular weight excluding hydrogens is 374 g/mol. The summed E-state index contributed by atoms with van der Waals surface area (Å²) in [6.07, 6.45) is 3.47. The van der Waals surface area contributed by atoms with Gasteiger partial charge in [-0.3, -0.25) is 9.69 Å².